The molecule has 1 saturated carbocycles. The number of rotatable bonds is 10. The van der Waals surface area contributed by atoms with Crippen LogP contribution in [0.2, 0.25) is 0 Å². The molecule has 2 aliphatic carbocycles. The number of carbonyl (C=O) groups is 2. The molecule has 0 saturated heterocycles. The second-order valence-corrected chi connectivity index (χ2v) is 11.5. The third kappa shape index (κ3) is 5.87. The van der Waals surface area contributed by atoms with Crippen LogP contribution in [-0.4, -0.2) is 26.3 Å². The Bertz CT molecular complexity index is 1710. The van der Waals surface area contributed by atoms with Gasteiger partial charge in [-0.15, -0.1) is 0 Å². The van der Waals surface area contributed by atoms with Crippen LogP contribution in [0.3, 0.4) is 0 Å². The molecule has 0 N–H and O–H groups in total. The molecule has 4 aromatic rings. The quantitative estimate of drug-likeness (QED) is 0.141. The molecule has 222 valence electrons. The van der Waals surface area contributed by atoms with Crippen molar-refractivity contribution in [2.24, 2.45) is 5.92 Å². The molecule has 0 aliphatic heterocycles. The van der Waals surface area contributed by atoms with Crippen molar-refractivity contribution in [3.05, 3.63) is 106 Å². The maximum Gasteiger partial charge on any atom is 0.282 e. The van der Waals surface area contributed by atoms with Crippen LogP contribution in [0, 0.1) is 23.4 Å². The monoisotopic (exact) mass is 593 g/mol. The number of carbonyl (C=O) groups excluding carboxylic acids is 2. The number of aromatic nitrogens is 3. The number of alkyl halides is 2. The molecule has 0 radical (unpaired) electrons. The predicted molar refractivity (Wildman–Crippen MR) is 148 cm³/mol. The zero-order valence-corrected chi connectivity index (χ0v) is 23.3. The molecule has 2 aromatic heterocycles. The Labute approximate surface area is 244 Å². The molecule has 10 heteroatoms. The third-order valence-corrected chi connectivity index (χ3v) is 8.46. The van der Waals surface area contributed by atoms with Crippen molar-refractivity contribution < 1.29 is 31.5 Å². The molecule has 3 atom stereocenters. The molecule has 2 heterocycles. The predicted octanol–water partition coefficient (Wildman–Crippen LogP) is 7.54. The number of hydrogen-bond donors (Lipinski definition) is 0. The number of halogens is 5. The molecular weight excluding hydrogens is 565 g/mol. The Hall–Kier alpha value is -4.21. The number of hydrogen-bond acceptors (Lipinski definition) is 4. The topological polar surface area (TPSA) is 64.8 Å². The van der Waals surface area contributed by atoms with Crippen molar-refractivity contribution in [3.8, 4) is 11.1 Å². The van der Waals surface area contributed by atoms with Crippen LogP contribution >= 0.6 is 0 Å². The van der Waals surface area contributed by atoms with E-state index < -0.39 is 35.6 Å². The summed E-state index contributed by atoms with van der Waals surface area (Å²) >= 11 is 0. The van der Waals surface area contributed by atoms with Crippen LogP contribution in [0.15, 0.2) is 54.7 Å². The van der Waals surface area contributed by atoms with Crippen LogP contribution in [0.4, 0.5) is 22.0 Å². The summed E-state index contributed by atoms with van der Waals surface area (Å²) in [5.41, 5.74) is 2.60. The molecule has 43 heavy (non-hydrogen) atoms. The van der Waals surface area contributed by atoms with E-state index in [0.717, 1.165) is 18.9 Å². The van der Waals surface area contributed by atoms with E-state index in [4.69, 9.17) is 0 Å². The van der Waals surface area contributed by atoms with Gasteiger partial charge in [-0.05, 0) is 80.0 Å². The Morgan fingerprint density at radius 2 is 1.79 bits per heavy atom. The zero-order chi connectivity index (χ0) is 30.4. The van der Waals surface area contributed by atoms with E-state index in [0.29, 0.717) is 46.0 Å². The average Bonchev–Trinajstić information content (AvgIpc) is 3.65. The highest BCUT2D eigenvalue weighted by atomic mass is 19.3. The standard InChI is InChI=1S/C33H28F5N3O2/c1-17(42)27-13-19(5-7-29(27)36)25-3-2-8-39-30(25)21(9-18-10-22(34)15-23(35)11-18)12-24(43)16-41-32-26(31(40-41)33(37)38)6-4-20-14-28(20)32/h2-3,5,7-8,10-11,13,15,20-21,28,33H,4,6,9,12,14,16H2,1H3/t20?,21-,28?/m1/s1. The van der Waals surface area contributed by atoms with Crippen LogP contribution in [0.1, 0.15) is 83.0 Å². The van der Waals surface area contributed by atoms with Gasteiger partial charge in [-0.25, -0.2) is 22.0 Å². The fourth-order valence-electron chi connectivity index (χ4n) is 6.46. The number of fused-ring (bicyclic) bond motifs is 3. The highest BCUT2D eigenvalue weighted by Crippen LogP contribution is 2.55. The van der Waals surface area contributed by atoms with E-state index in [9.17, 15) is 31.5 Å². The van der Waals surface area contributed by atoms with Crippen molar-refractivity contribution in [2.75, 3.05) is 0 Å². The minimum absolute atomic E-state index is 0.0371. The van der Waals surface area contributed by atoms with Crippen LogP contribution in [0.5, 0.6) is 0 Å². The van der Waals surface area contributed by atoms with E-state index in [1.54, 1.807) is 12.1 Å². The first-order chi connectivity index (χ1) is 20.6. The molecular formula is C33H28F5N3O2. The van der Waals surface area contributed by atoms with Gasteiger partial charge >= 0.3 is 0 Å². The van der Waals surface area contributed by atoms with Gasteiger partial charge in [0.2, 0.25) is 0 Å². The first-order valence-electron chi connectivity index (χ1n) is 14.2. The maximum absolute atomic E-state index is 14.3. The molecule has 2 aliphatic rings. The smallest absolute Gasteiger partial charge is 0.282 e. The van der Waals surface area contributed by atoms with Crippen molar-refractivity contribution in [3.63, 3.8) is 0 Å². The largest absolute Gasteiger partial charge is 0.298 e. The lowest BCUT2D eigenvalue weighted by atomic mass is 9.86. The summed E-state index contributed by atoms with van der Waals surface area (Å²) in [7, 11) is 0. The fourth-order valence-corrected chi connectivity index (χ4v) is 6.46. The zero-order valence-electron chi connectivity index (χ0n) is 23.3. The summed E-state index contributed by atoms with van der Waals surface area (Å²) in [6.07, 6.45) is 0.911. The lowest BCUT2D eigenvalue weighted by Crippen LogP contribution is -2.19. The average molecular weight is 594 g/mol. The van der Waals surface area contributed by atoms with Gasteiger partial charge in [-0.2, -0.15) is 5.10 Å². The minimum Gasteiger partial charge on any atom is -0.298 e. The highest BCUT2D eigenvalue weighted by Gasteiger charge is 2.46. The molecule has 1 fully saturated rings. The number of pyridine rings is 1. The summed E-state index contributed by atoms with van der Waals surface area (Å²) < 4.78 is 71.7. The minimum atomic E-state index is -2.75. The van der Waals surface area contributed by atoms with Crippen molar-refractivity contribution in [2.45, 2.75) is 63.8 Å². The van der Waals surface area contributed by atoms with Crippen LogP contribution in [-0.2, 0) is 24.2 Å². The van der Waals surface area contributed by atoms with Crippen molar-refractivity contribution in [1.29, 1.82) is 0 Å². The van der Waals surface area contributed by atoms with Crippen LogP contribution in [0.25, 0.3) is 11.1 Å². The van der Waals surface area contributed by atoms with Gasteiger partial charge in [0.05, 0.1) is 17.8 Å². The number of benzene rings is 2. The van der Waals surface area contributed by atoms with E-state index >= 15 is 0 Å². The highest BCUT2D eigenvalue weighted by molar-refractivity contribution is 5.95. The number of nitrogens with zero attached hydrogens (tertiary/aromatic N) is 3. The van der Waals surface area contributed by atoms with E-state index in [-0.39, 0.29) is 42.3 Å². The van der Waals surface area contributed by atoms with Crippen LogP contribution < -0.4 is 0 Å². The lowest BCUT2D eigenvalue weighted by Gasteiger charge is -2.20. The van der Waals surface area contributed by atoms with Crippen molar-refractivity contribution >= 4 is 11.6 Å². The van der Waals surface area contributed by atoms with E-state index in [2.05, 4.69) is 10.1 Å². The Morgan fingerprint density at radius 1 is 1.02 bits per heavy atom. The molecule has 0 amide bonds. The molecule has 0 spiro atoms. The number of Topliss-reactive ketones (excluding diaryl/α,β-unsaturated/α-hetero) is 2. The first kappa shape index (κ1) is 28.9. The second kappa shape index (κ2) is 11.5. The second-order valence-electron chi connectivity index (χ2n) is 11.5. The van der Waals surface area contributed by atoms with Gasteiger partial charge in [0.25, 0.3) is 6.43 Å². The van der Waals surface area contributed by atoms with E-state index in [1.165, 1.54) is 48.1 Å². The summed E-state index contributed by atoms with van der Waals surface area (Å²) in [5, 5.41) is 4.16. The van der Waals surface area contributed by atoms with Gasteiger partial charge in [-0.3, -0.25) is 19.3 Å². The van der Waals surface area contributed by atoms with E-state index in [1.807, 2.05) is 0 Å². The Balaban J connectivity index is 1.36. The van der Waals surface area contributed by atoms with Gasteiger partial charge in [0.1, 0.15) is 23.1 Å². The number of ketones is 2. The summed E-state index contributed by atoms with van der Waals surface area (Å²) in [6, 6.07) is 10.6. The normalized spacial score (nSPS) is 17.8. The molecule has 0 bridgehead atoms. The van der Waals surface area contributed by atoms with Gasteiger partial charge in [0, 0.05) is 47.3 Å². The lowest BCUT2D eigenvalue weighted by molar-refractivity contribution is -0.120. The first-order valence-corrected chi connectivity index (χ1v) is 14.2. The molecule has 6 rings (SSSR count). The summed E-state index contributed by atoms with van der Waals surface area (Å²) in [5.74, 6) is -3.13. The van der Waals surface area contributed by atoms with Gasteiger partial charge in [-0.1, -0.05) is 12.1 Å². The van der Waals surface area contributed by atoms with Gasteiger partial charge in [0.15, 0.2) is 11.6 Å². The fraction of sp³-hybridized carbons (Fsp3) is 0.333. The Morgan fingerprint density at radius 3 is 2.51 bits per heavy atom. The maximum atomic E-state index is 14.3. The third-order valence-electron chi connectivity index (χ3n) is 8.46. The van der Waals surface area contributed by atoms with Crippen molar-refractivity contribution in [1.82, 2.24) is 14.8 Å². The van der Waals surface area contributed by atoms with Gasteiger partial charge < -0.3 is 0 Å². The molecule has 2 unspecified atom stereocenters. The summed E-state index contributed by atoms with van der Waals surface area (Å²) in [4.78, 5) is 30.2. The SMILES string of the molecule is CC(=O)c1cc(-c2cccnc2[C@@H](CC(=O)Cn2nc(C(F)F)c3c2C2CC2CC3)Cc2cc(F)cc(F)c2)ccc1F. The molecule has 5 nitrogen and oxygen atoms in total. The summed E-state index contributed by atoms with van der Waals surface area (Å²) in [6.45, 7) is 1.03. The Kier molecular flexibility index (Phi) is 7.70. The molecule has 2 aromatic carbocycles.